The molecule has 2 aromatic rings. The summed E-state index contributed by atoms with van der Waals surface area (Å²) < 4.78 is 0. The number of nitrogens with zero attached hydrogens (tertiary/aromatic N) is 4. The van der Waals surface area contributed by atoms with E-state index >= 15 is 0 Å². The second-order valence-electron chi connectivity index (χ2n) is 6.58. The molecule has 6 heteroatoms. The van der Waals surface area contributed by atoms with Crippen molar-refractivity contribution in [3.8, 4) is 0 Å². The van der Waals surface area contributed by atoms with Crippen LogP contribution in [0.15, 0.2) is 16.8 Å². The van der Waals surface area contributed by atoms with Gasteiger partial charge in [0.2, 0.25) is 5.95 Å². The molecule has 0 bridgehead atoms. The monoisotopic (exact) mass is 331 g/mol. The second kappa shape index (κ2) is 6.84. The van der Waals surface area contributed by atoms with Gasteiger partial charge < -0.3 is 10.2 Å². The Morgan fingerprint density at radius 1 is 1.35 bits per heavy atom. The highest BCUT2D eigenvalue weighted by atomic mass is 32.1. The van der Waals surface area contributed by atoms with Gasteiger partial charge in [-0.25, -0.2) is 4.98 Å². The fraction of sp³-hybridized carbons (Fsp3) is 0.529. The third-order valence-corrected chi connectivity index (χ3v) is 4.68. The molecule has 0 spiro atoms. The minimum Gasteiger partial charge on any atom is -0.362 e. The summed E-state index contributed by atoms with van der Waals surface area (Å²) >= 11 is 1.76. The first-order valence-electron chi connectivity index (χ1n) is 8.10. The molecule has 0 unspecified atom stereocenters. The summed E-state index contributed by atoms with van der Waals surface area (Å²) in [6, 6.07) is 2.54. The van der Waals surface area contributed by atoms with Crippen LogP contribution in [0.5, 0.6) is 0 Å². The Labute approximate surface area is 142 Å². The van der Waals surface area contributed by atoms with Crippen LogP contribution in [0.4, 0.5) is 11.8 Å². The van der Waals surface area contributed by atoms with Crippen molar-refractivity contribution in [3.05, 3.63) is 33.6 Å². The minimum absolute atomic E-state index is 0.335. The summed E-state index contributed by atoms with van der Waals surface area (Å²) in [7, 11) is 4.11. The Hall–Kier alpha value is -1.66. The first-order chi connectivity index (χ1) is 11.0. The maximum Gasteiger partial charge on any atom is 0.225 e. The molecule has 0 saturated carbocycles. The molecule has 1 aliphatic rings. The van der Waals surface area contributed by atoms with Gasteiger partial charge in [-0.3, -0.25) is 4.90 Å². The van der Waals surface area contributed by atoms with E-state index in [4.69, 9.17) is 9.97 Å². The molecule has 0 aromatic carbocycles. The van der Waals surface area contributed by atoms with Gasteiger partial charge in [0.1, 0.15) is 5.82 Å². The SMILES string of the molecule is CC(C)Nc1nc2c(c(N(C)C)n1)CN(Cc1ccsc1)CC2. The maximum atomic E-state index is 4.75. The Morgan fingerprint density at radius 2 is 2.17 bits per heavy atom. The van der Waals surface area contributed by atoms with Crippen LogP contribution in [0.25, 0.3) is 0 Å². The molecule has 0 fully saturated rings. The number of aromatic nitrogens is 2. The minimum atomic E-state index is 0.335. The molecule has 1 aliphatic heterocycles. The molecule has 2 aromatic heterocycles. The van der Waals surface area contributed by atoms with Crippen LogP contribution < -0.4 is 10.2 Å². The predicted octanol–water partition coefficient (Wildman–Crippen LogP) is 2.98. The topological polar surface area (TPSA) is 44.3 Å². The molecule has 0 aliphatic carbocycles. The fourth-order valence-electron chi connectivity index (χ4n) is 2.92. The second-order valence-corrected chi connectivity index (χ2v) is 7.36. The van der Waals surface area contributed by atoms with E-state index in [9.17, 15) is 0 Å². The molecule has 0 amide bonds. The number of fused-ring (bicyclic) bond motifs is 1. The van der Waals surface area contributed by atoms with Gasteiger partial charge in [-0.2, -0.15) is 16.3 Å². The Bertz CT molecular complexity index is 651. The van der Waals surface area contributed by atoms with Crippen molar-refractivity contribution in [1.29, 1.82) is 0 Å². The lowest BCUT2D eigenvalue weighted by atomic mass is 10.1. The van der Waals surface area contributed by atoms with Crippen LogP contribution in [0, 0.1) is 0 Å². The molecule has 1 N–H and O–H groups in total. The van der Waals surface area contributed by atoms with Crippen molar-refractivity contribution in [2.24, 2.45) is 0 Å². The number of anilines is 2. The van der Waals surface area contributed by atoms with E-state index in [1.54, 1.807) is 11.3 Å². The molecule has 124 valence electrons. The summed E-state index contributed by atoms with van der Waals surface area (Å²) in [5.74, 6) is 1.78. The number of hydrogen-bond acceptors (Lipinski definition) is 6. The zero-order valence-corrected chi connectivity index (χ0v) is 15.2. The molecule has 3 heterocycles. The summed E-state index contributed by atoms with van der Waals surface area (Å²) in [6.45, 7) is 7.19. The third kappa shape index (κ3) is 3.82. The normalized spacial score (nSPS) is 14.8. The predicted molar refractivity (Wildman–Crippen MR) is 97.3 cm³/mol. The smallest absolute Gasteiger partial charge is 0.225 e. The first-order valence-corrected chi connectivity index (χ1v) is 9.04. The van der Waals surface area contributed by atoms with E-state index in [1.165, 1.54) is 16.8 Å². The number of hydrogen-bond donors (Lipinski definition) is 1. The molecular weight excluding hydrogens is 306 g/mol. The van der Waals surface area contributed by atoms with Crippen molar-refractivity contribution < 1.29 is 0 Å². The highest BCUT2D eigenvalue weighted by Crippen LogP contribution is 2.28. The van der Waals surface area contributed by atoms with E-state index in [0.29, 0.717) is 6.04 Å². The van der Waals surface area contributed by atoms with Gasteiger partial charge in [0, 0.05) is 51.8 Å². The average Bonchev–Trinajstić information content (AvgIpc) is 2.99. The van der Waals surface area contributed by atoms with Crippen LogP contribution in [-0.2, 0) is 19.5 Å². The molecule has 0 atom stereocenters. The van der Waals surface area contributed by atoms with Crippen LogP contribution in [0.2, 0.25) is 0 Å². The summed E-state index contributed by atoms with van der Waals surface area (Å²) in [5.41, 5.74) is 3.85. The average molecular weight is 331 g/mol. The van der Waals surface area contributed by atoms with Gasteiger partial charge in [0.05, 0.1) is 5.69 Å². The molecular formula is C17H25N5S. The van der Waals surface area contributed by atoms with E-state index in [2.05, 4.69) is 59.9 Å². The van der Waals surface area contributed by atoms with Gasteiger partial charge in [0.25, 0.3) is 0 Å². The maximum absolute atomic E-state index is 4.75. The van der Waals surface area contributed by atoms with Crippen molar-refractivity contribution >= 4 is 23.1 Å². The summed E-state index contributed by atoms with van der Waals surface area (Å²) in [5, 5.41) is 7.71. The number of thiophene rings is 1. The first kappa shape index (κ1) is 16.2. The summed E-state index contributed by atoms with van der Waals surface area (Å²) in [4.78, 5) is 14.1. The van der Waals surface area contributed by atoms with E-state index in [1.807, 2.05) is 0 Å². The molecule has 0 radical (unpaired) electrons. The van der Waals surface area contributed by atoms with E-state index in [0.717, 1.165) is 37.8 Å². The fourth-order valence-corrected chi connectivity index (χ4v) is 3.58. The van der Waals surface area contributed by atoms with Gasteiger partial charge >= 0.3 is 0 Å². The third-order valence-electron chi connectivity index (χ3n) is 3.95. The van der Waals surface area contributed by atoms with E-state index in [-0.39, 0.29) is 0 Å². The zero-order valence-electron chi connectivity index (χ0n) is 14.3. The van der Waals surface area contributed by atoms with Crippen LogP contribution >= 0.6 is 11.3 Å². The van der Waals surface area contributed by atoms with Crippen LogP contribution in [0.1, 0.15) is 30.7 Å². The van der Waals surface area contributed by atoms with Crippen molar-refractivity contribution in [2.75, 3.05) is 30.9 Å². The molecule has 0 saturated heterocycles. The van der Waals surface area contributed by atoms with Crippen molar-refractivity contribution in [3.63, 3.8) is 0 Å². The van der Waals surface area contributed by atoms with Crippen molar-refractivity contribution in [2.45, 2.75) is 39.4 Å². The van der Waals surface area contributed by atoms with Crippen LogP contribution in [-0.4, -0.2) is 41.5 Å². The zero-order chi connectivity index (χ0) is 16.4. The van der Waals surface area contributed by atoms with Crippen LogP contribution in [0.3, 0.4) is 0 Å². The highest BCUT2D eigenvalue weighted by Gasteiger charge is 2.23. The number of nitrogens with one attached hydrogen (secondary N) is 1. The lowest BCUT2D eigenvalue weighted by Crippen LogP contribution is -2.33. The Balaban J connectivity index is 1.85. The Kier molecular flexibility index (Phi) is 4.82. The number of rotatable bonds is 5. The van der Waals surface area contributed by atoms with Gasteiger partial charge in [0.15, 0.2) is 0 Å². The largest absolute Gasteiger partial charge is 0.362 e. The van der Waals surface area contributed by atoms with E-state index < -0.39 is 0 Å². The summed E-state index contributed by atoms with van der Waals surface area (Å²) in [6.07, 6.45) is 0.982. The highest BCUT2D eigenvalue weighted by molar-refractivity contribution is 7.07. The molecule has 5 nitrogen and oxygen atoms in total. The van der Waals surface area contributed by atoms with Gasteiger partial charge in [-0.1, -0.05) is 0 Å². The standard InChI is InChI=1S/C17H25N5S/c1-12(2)18-17-19-15-5-7-22(9-13-6-8-23-11-13)10-14(15)16(20-17)21(3)4/h6,8,11-12H,5,7,9-10H2,1-4H3,(H,18,19,20). The molecule has 3 rings (SSSR count). The van der Waals surface area contributed by atoms with Crippen molar-refractivity contribution in [1.82, 2.24) is 14.9 Å². The quantitative estimate of drug-likeness (QED) is 0.912. The van der Waals surface area contributed by atoms with Gasteiger partial charge in [-0.05, 0) is 36.2 Å². The lowest BCUT2D eigenvalue weighted by molar-refractivity contribution is 0.243. The van der Waals surface area contributed by atoms with Gasteiger partial charge in [-0.15, -0.1) is 0 Å². The lowest BCUT2D eigenvalue weighted by Gasteiger charge is -2.31. The molecule has 23 heavy (non-hydrogen) atoms. The Morgan fingerprint density at radius 3 is 2.83 bits per heavy atom.